The zero-order valence-electron chi connectivity index (χ0n) is 49.2. The van der Waals surface area contributed by atoms with Gasteiger partial charge in [-0.1, -0.05) is 111 Å². The molecule has 0 aliphatic rings. The van der Waals surface area contributed by atoms with Crippen LogP contribution in [0.3, 0.4) is 0 Å². The summed E-state index contributed by atoms with van der Waals surface area (Å²) in [7, 11) is 0. The minimum Gasteiger partial charge on any atom is -0.466 e. The standard InChI is InChI=1S/C14H26O3S.C13H24O3S.C10H21NO2S.C9H19NO2S.2C3H5ClO.2ClH/c1-7-12(15)8-11(9-18-14(4,5)6)13(16)17-10(2)3;1-6-11(14)8-10(12(15)16-7-2)9-17-13(3,4)5;1-7(2)13-9(12)8(11)6-14-10(3,4)5;1-5-12-8(11)7(10)6-13-9(2,3)4;2*1-2-3(4)5;;/h10-11H,7-9H2,1-6H3;10H,6-9H2,1-5H3;7-8H,6,11H2,1-5H3;7H,5-6,10H2,1-4H3;2*2H2,1H3;2*1H/t11-;10-;8-;7-;;;;/m0000..../s1. The molecule has 0 aliphatic carbocycles. The molecule has 0 saturated heterocycles. The first-order valence-electron chi connectivity index (χ1n) is 24.8. The molecular formula is C52H102Cl4N2O12S4. The second-order valence-corrected chi connectivity index (χ2v) is 28.6. The highest BCUT2D eigenvalue weighted by Gasteiger charge is 2.27. The van der Waals surface area contributed by atoms with Crippen molar-refractivity contribution in [2.75, 3.05) is 36.2 Å². The molecule has 0 aliphatic heterocycles. The van der Waals surface area contributed by atoms with Gasteiger partial charge in [0.1, 0.15) is 23.7 Å². The average molecular weight is 1220 g/mol. The van der Waals surface area contributed by atoms with Crippen LogP contribution in [0.1, 0.15) is 191 Å². The first kappa shape index (κ1) is 89.6. The molecule has 0 unspecified atom stereocenters. The third kappa shape index (κ3) is 73.1. The zero-order valence-corrected chi connectivity index (χ0v) is 55.6. The van der Waals surface area contributed by atoms with Crippen molar-refractivity contribution in [1.29, 1.82) is 0 Å². The Labute approximate surface area is 488 Å². The van der Waals surface area contributed by atoms with Crippen molar-refractivity contribution >= 4 is 141 Å². The second-order valence-electron chi connectivity index (χ2n) is 20.4. The number of Topliss-reactive ketones (excluding diaryl/α,β-unsaturated/α-hetero) is 2. The van der Waals surface area contributed by atoms with E-state index in [1.807, 2.05) is 41.5 Å². The highest BCUT2D eigenvalue weighted by molar-refractivity contribution is 8.01. The molecule has 22 heteroatoms. The number of carbonyl (C=O) groups is 8. The van der Waals surface area contributed by atoms with Crippen molar-refractivity contribution in [3.8, 4) is 0 Å². The number of halogens is 4. The Hall–Kier alpha value is -0.960. The average Bonchev–Trinajstić information content (AvgIpc) is 3.24. The Kier molecular flexibility index (Phi) is 60.9. The molecule has 0 rings (SSSR count). The first-order chi connectivity index (χ1) is 32.6. The quantitative estimate of drug-likeness (QED) is 0.0520. The summed E-state index contributed by atoms with van der Waals surface area (Å²) >= 11 is 16.4. The third-order valence-corrected chi connectivity index (χ3v) is 13.9. The molecule has 0 bridgehead atoms. The highest BCUT2D eigenvalue weighted by Crippen LogP contribution is 2.29. The van der Waals surface area contributed by atoms with Crippen LogP contribution in [0, 0.1) is 11.8 Å². The van der Waals surface area contributed by atoms with Gasteiger partial charge in [-0.15, -0.1) is 24.8 Å². The summed E-state index contributed by atoms with van der Waals surface area (Å²) in [6.07, 6.45) is 2.21. The number of rotatable bonds is 24. The van der Waals surface area contributed by atoms with E-state index in [0.717, 1.165) is 0 Å². The highest BCUT2D eigenvalue weighted by atomic mass is 35.5. The number of nitrogens with two attached hydrogens (primary N) is 2. The number of hydrogen-bond donors (Lipinski definition) is 2. The van der Waals surface area contributed by atoms with Crippen LogP contribution in [0.2, 0.25) is 0 Å². The summed E-state index contributed by atoms with van der Waals surface area (Å²) in [5.41, 5.74) is 11.3. The van der Waals surface area contributed by atoms with Crippen LogP contribution in [0.5, 0.6) is 0 Å². The number of esters is 4. The molecular weight excluding hydrogens is 1110 g/mol. The topological polar surface area (TPSA) is 226 Å². The third-order valence-electron chi connectivity index (χ3n) is 7.67. The molecule has 0 heterocycles. The van der Waals surface area contributed by atoms with E-state index in [1.165, 1.54) is 0 Å². The number of thioether (sulfide) groups is 4. The fourth-order valence-corrected chi connectivity index (χ4v) is 7.47. The molecule has 0 fully saturated rings. The van der Waals surface area contributed by atoms with Gasteiger partial charge in [-0.05, 0) is 64.7 Å². The molecule has 0 aromatic heterocycles. The van der Waals surface area contributed by atoms with Crippen LogP contribution in [-0.2, 0) is 57.3 Å². The monoisotopic (exact) mass is 1210 g/mol. The van der Waals surface area contributed by atoms with E-state index in [2.05, 4.69) is 83.1 Å². The van der Waals surface area contributed by atoms with Crippen LogP contribution < -0.4 is 11.5 Å². The summed E-state index contributed by atoms with van der Waals surface area (Å²) in [4.78, 5) is 88.2. The molecule has 74 heavy (non-hydrogen) atoms. The Morgan fingerprint density at radius 3 is 0.905 bits per heavy atom. The van der Waals surface area contributed by atoms with E-state index < -0.39 is 12.1 Å². The van der Waals surface area contributed by atoms with E-state index in [-0.39, 0.29) is 114 Å². The summed E-state index contributed by atoms with van der Waals surface area (Å²) < 4.78 is 20.5. The van der Waals surface area contributed by atoms with Crippen LogP contribution in [-0.4, -0.2) is 125 Å². The van der Waals surface area contributed by atoms with Gasteiger partial charge in [0.25, 0.3) is 0 Å². The van der Waals surface area contributed by atoms with E-state index in [9.17, 15) is 38.4 Å². The maximum atomic E-state index is 11.9. The van der Waals surface area contributed by atoms with Gasteiger partial charge < -0.3 is 30.4 Å². The number of ether oxygens (including phenoxy) is 4. The van der Waals surface area contributed by atoms with Crippen molar-refractivity contribution < 1.29 is 57.3 Å². The van der Waals surface area contributed by atoms with Crippen LogP contribution in [0.4, 0.5) is 0 Å². The lowest BCUT2D eigenvalue weighted by molar-refractivity contribution is -0.153. The zero-order chi connectivity index (χ0) is 58.2. The molecule has 0 aromatic rings. The Morgan fingerprint density at radius 1 is 0.419 bits per heavy atom. The van der Waals surface area contributed by atoms with Crippen molar-refractivity contribution in [2.24, 2.45) is 23.3 Å². The normalized spacial score (nSPS) is 12.5. The fourth-order valence-electron chi connectivity index (χ4n) is 3.93. The molecule has 444 valence electrons. The predicted molar refractivity (Wildman–Crippen MR) is 324 cm³/mol. The summed E-state index contributed by atoms with van der Waals surface area (Å²) in [6.45, 7) is 43.9. The van der Waals surface area contributed by atoms with Crippen molar-refractivity contribution in [3.63, 3.8) is 0 Å². The SMILES string of the molecule is CC(C)OC(=O)[C@@H](N)CSC(C)(C)C.CCC(=O)C[C@@H](CSC(C)(C)C)C(=O)OC(C)C.CCC(=O)Cl.CCC(=O)Cl.CCOC(=O)[C@@H](N)CSC(C)(C)C.CCOC(=O)[C@H](CSC(C)(C)C)CC(=O)CC.Cl.Cl. The molecule has 0 aromatic carbocycles. The molecule has 4 N–H and O–H groups in total. The fraction of sp³-hybridized carbons (Fsp3) is 0.846. The Morgan fingerprint density at radius 2 is 0.662 bits per heavy atom. The minimum absolute atomic E-state index is 0. The van der Waals surface area contributed by atoms with Gasteiger partial charge in [0.15, 0.2) is 0 Å². The maximum Gasteiger partial charge on any atom is 0.324 e. The molecule has 14 nitrogen and oxygen atoms in total. The first-order valence-corrected chi connectivity index (χ1v) is 29.5. The van der Waals surface area contributed by atoms with Gasteiger partial charge in [-0.25, -0.2) is 0 Å². The van der Waals surface area contributed by atoms with Crippen molar-refractivity contribution in [3.05, 3.63) is 0 Å². The summed E-state index contributed by atoms with van der Waals surface area (Å²) in [5, 5.41) is -0.546. The Balaban J connectivity index is -0.000000122. The molecule has 0 spiro atoms. The van der Waals surface area contributed by atoms with Gasteiger partial charge in [0.2, 0.25) is 10.5 Å². The molecule has 0 radical (unpaired) electrons. The lowest BCUT2D eigenvalue weighted by Gasteiger charge is -2.22. The van der Waals surface area contributed by atoms with Gasteiger partial charge in [-0.3, -0.25) is 38.4 Å². The van der Waals surface area contributed by atoms with E-state index in [4.69, 9.17) is 53.6 Å². The van der Waals surface area contributed by atoms with Gasteiger partial charge in [0, 0.05) is 80.5 Å². The minimum atomic E-state index is -0.512. The van der Waals surface area contributed by atoms with E-state index >= 15 is 0 Å². The molecule has 0 amide bonds. The lowest BCUT2D eigenvalue weighted by atomic mass is 10.0. The van der Waals surface area contributed by atoms with Gasteiger partial charge in [-0.2, -0.15) is 47.0 Å². The van der Waals surface area contributed by atoms with Gasteiger partial charge in [0.05, 0.1) is 37.3 Å². The van der Waals surface area contributed by atoms with Crippen molar-refractivity contribution in [2.45, 2.75) is 234 Å². The molecule has 4 atom stereocenters. The molecule has 0 saturated carbocycles. The smallest absolute Gasteiger partial charge is 0.324 e. The number of ketones is 2. The number of carbonyl (C=O) groups excluding carboxylic acids is 8. The van der Waals surface area contributed by atoms with Gasteiger partial charge >= 0.3 is 23.9 Å². The van der Waals surface area contributed by atoms with E-state index in [1.54, 1.807) is 74.7 Å². The summed E-state index contributed by atoms with van der Waals surface area (Å²) in [6, 6.07) is -1.01. The predicted octanol–water partition coefficient (Wildman–Crippen LogP) is 12.9. The number of hydrogen-bond acceptors (Lipinski definition) is 18. The lowest BCUT2D eigenvalue weighted by Crippen LogP contribution is -2.37. The van der Waals surface area contributed by atoms with Crippen LogP contribution >= 0.6 is 95.1 Å². The largest absolute Gasteiger partial charge is 0.466 e. The second kappa shape index (κ2) is 50.3. The maximum absolute atomic E-state index is 11.9. The Bertz CT molecular complexity index is 1510. The summed E-state index contributed by atoms with van der Waals surface area (Å²) in [5.74, 6) is 1.03. The van der Waals surface area contributed by atoms with Crippen molar-refractivity contribution in [1.82, 2.24) is 0 Å². The van der Waals surface area contributed by atoms with E-state index in [0.29, 0.717) is 74.8 Å². The van der Waals surface area contributed by atoms with Crippen LogP contribution in [0.15, 0.2) is 0 Å². The van der Waals surface area contributed by atoms with Crippen LogP contribution in [0.25, 0.3) is 0 Å².